The van der Waals surface area contributed by atoms with E-state index in [0.29, 0.717) is 25.6 Å². The van der Waals surface area contributed by atoms with Crippen LogP contribution < -0.4 is 0 Å². The number of methoxy groups -OCH3 is 1. The van der Waals surface area contributed by atoms with Crippen molar-refractivity contribution < 1.29 is 14.6 Å². The molecular formula is C12H22N4O3. The number of carboxylic acids is 1. The molecule has 7 heteroatoms. The average molecular weight is 270 g/mol. The summed E-state index contributed by atoms with van der Waals surface area (Å²) in [5.74, 6) is 0.393. The topological polar surface area (TPSA) is 80.5 Å². The van der Waals surface area contributed by atoms with E-state index in [1.807, 2.05) is 4.68 Å². The number of ether oxygens (including phenoxy) is 1. The van der Waals surface area contributed by atoms with Crippen LogP contribution >= 0.6 is 0 Å². The number of nitrogens with zero attached hydrogens (tertiary/aromatic N) is 4. The molecule has 0 amide bonds. The zero-order valence-corrected chi connectivity index (χ0v) is 11.7. The first-order chi connectivity index (χ1) is 9.02. The molecule has 0 bridgehead atoms. The van der Waals surface area contributed by atoms with Gasteiger partial charge in [-0.25, -0.2) is 9.67 Å². The van der Waals surface area contributed by atoms with Crippen molar-refractivity contribution in [1.82, 2.24) is 19.7 Å². The van der Waals surface area contributed by atoms with Crippen molar-refractivity contribution in [2.75, 3.05) is 26.8 Å². The summed E-state index contributed by atoms with van der Waals surface area (Å²) in [6.45, 7) is 6.46. The molecule has 1 N–H and O–H groups in total. The standard InChI is InChI=1S/C12H22N4O3/c1-10(2)6-16-11(13-9-14-16)7-15(4-5-19-3)8-12(17)18/h9-10H,4-8H2,1-3H3,(H,17,18). The molecule has 0 saturated carbocycles. The van der Waals surface area contributed by atoms with E-state index in [-0.39, 0.29) is 6.54 Å². The summed E-state index contributed by atoms with van der Waals surface area (Å²) in [4.78, 5) is 16.8. The van der Waals surface area contributed by atoms with Crippen molar-refractivity contribution in [3.05, 3.63) is 12.2 Å². The van der Waals surface area contributed by atoms with Gasteiger partial charge in [-0.05, 0) is 5.92 Å². The fourth-order valence-corrected chi connectivity index (χ4v) is 1.73. The van der Waals surface area contributed by atoms with Gasteiger partial charge in [0.25, 0.3) is 0 Å². The maximum Gasteiger partial charge on any atom is 0.317 e. The van der Waals surface area contributed by atoms with E-state index in [0.717, 1.165) is 12.4 Å². The van der Waals surface area contributed by atoms with E-state index in [4.69, 9.17) is 9.84 Å². The van der Waals surface area contributed by atoms with E-state index in [9.17, 15) is 4.79 Å². The number of carbonyl (C=O) groups is 1. The Labute approximate surface area is 113 Å². The summed E-state index contributed by atoms with van der Waals surface area (Å²) in [5, 5.41) is 13.1. The van der Waals surface area contributed by atoms with Crippen molar-refractivity contribution >= 4 is 5.97 Å². The zero-order valence-electron chi connectivity index (χ0n) is 11.7. The second kappa shape index (κ2) is 7.85. The first-order valence-electron chi connectivity index (χ1n) is 6.32. The molecule has 1 aromatic rings. The number of hydrogen-bond acceptors (Lipinski definition) is 5. The van der Waals surface area contributed by atoms with Crippen molar-refractivity contribution in [1.29, 1.82) is 0 Å². The minimum atomic E-state index is -0.856. The van der Waals surface area contributed by atoms with Gasteiger partial charge >= 0.3 is 5.97 Å². The van der Waals surface area contributed by atoms with Gasteiger partial charge < -0.3 is 9.84 Å². The van der Waals surface area contributed by atoms with Gasteiger partial charge in [0, 0.05) is 20.2 Å². The van der Waals surface area contributed by atoms with Gasteiger partial charge in [0.2, 0.25) is 0 Å². The van der Waals surface area contributed by atoms with Gasteiger partial charge in [0.05, 0.1) is 19.7 Å². The molecule has 0 aromatic carbocycles. The molecule has 0 fully saturated rings. The lowest BCUT2D eigenvalue weighted by Crippen LogP contribution is -2.33. The summed E-state index contributed by atoms with van der Waals surface area (Å²) in [7, 11) is 1.60. The maximum absolute atomic E-state index is 10.8. The number of aliphatic carboxylic acids is 1. The molecule has 0 aliphatic rings. The SMILES string of the molecule is COCCN(CC(=O)O)Cc1ncnn1CC(C)C. The highest BCUT2D eigenvalue weighted by molar-refractivity contribution is 5.69. The Morgan fingerprint density at radius 1 is 1.58 bits per heavy atom. The van der Waals surface area contributed by atoms with Crippen LogP contribution in [0.3, 0.4) is 0 Å². The monoisotopic (exact) mass is 270 g/mol. The maximum atomic E-state index is 10.8. The Bertz CT molecular complexity index is 392. The quantitative estimate of drug-likeness (QED) is 0.702. The number of carboxylic acid groups (broad SMARTS) is 1. The predicted octanol–water partition coefficient (Wildman–Crippen LogP) is 0.467. The van der Waals surface area contributed by atoms with Crippen LogP contribution in [-0.4, -0.2) is 57.5 Å². The van der Waals surface area contributed by atoms with Crippen LogP contribution in [0.1, 0.15) is 19.7 Å². The van der Waals surface area contributed by atoms with Gasteiger partial charge in [-0.1, -0.05) is 13.8 Å². The molecule has 1 rings (SSSR count). The molecule has 7 nitrogen and oxygen atoms in total. The van der Waals surface area contributed by atoms with Gasteiger partial charge in [-0.2, -0.15) is 5.10 Å². The summed E-state index contributed by atoms with van der Waals surface area (Å²) >= 11 is 0. The summed E-state index contributed by atoms with van der Waals surface area (Å²) in [5.41, 5.74) is 0. The Morgan fingerprint density at radius 2 is 2.32 bits per heavy atom. The van der Waals surface area contributed by atoms with Crippen molar-refractivity contribution in [3.63, 3.8) is 0 Å². The van der Waals surface area contributed by atoms with Crippen LogP contribution in [0.25, 0.3) is 0 Å². The molecule has 0 unspecified atom stereocenters. The molecule has 0 saturated heterocycles. The third-order valence-electron chi connectivity index (χ3n) is 2.57. The lowest BCUT2D eigenvalue weighted by atomic mass is 10.2. The van der Waals surface area contributed by atoms with E-state index in [1.54, 1.807) is 12.0 Å². The fourth-order valence-electron chi connectivity index (χ4n) is 1.73. The molecule has 1 aromatic heterocycles. The lowest BCUT2D eigenvalue weighted by molar-refractivity contribution is -0.138. The fraction of sp³-hybridized carbons (Fsp3) is 0.750. The highest BCUT2D eigenvalue weighted by atomic mass is 16.5. The summed E-state index contributed by atoms with van der Waals surface area (Å²) in [6.07, 6.45) is 1.51. The Balaban J connectivity index is 2.66. The molecule has 19 heavy (non-hydrogen) atoms. The molecule has 108 valence electrons. The van der Waals surface area contributed by atoms with Crippen LogP contribution in [0.4, 0.5) is 0 Å². The minimum Gasteiger partial charge on any atom is -0.480 e. The first-order valence-corrected chi connectivity index (χ1v) is 6.32. The number of hydrogen-bond donors (Lipinski definition) is 1. The summed E-state index contributed by atoms with van der Waals surface area (Å²) in [6, 6.07) is 0. The van der Waals surface area contributed by atoms with Crippen molar-refractivity contribution in [3.8, 4) is 0 Å². The third kappa shape index (κ3) is 5.80. The van der Waals surface area contributed by atoms with Gasteiger partial charge in [0.15, 0.2) is 0 Å². The summed E-state index contributed by atoms with van der Waals surface area (Å²) < 4.78 is 6.82. The molecule has 0 aliphatic heterocycles. The van der Waals surface area contributed by atoms with Crippen LogP contribution in [0.5, 0.6) is 0 Å². The lowest BCUT2D eigenvalue weighted by Gasteiger charge is -2.19. The zero-order chi connectivity index (χ0) is 14.3. The number of rotatable bonds is 9. The second-order valence-corrected chi connectivity index (χ2v) is 4.85. The first kappa shape index (κ1) is 15.6. The van der Waals surface area contributed by atoms with Crippen LogP contribution in [-0.2, 0) is 22.6 Å². The Morgan fingerprint density at radius 3 is 2.89 bits per heavy atom. The van der Waals surface area contributed by atoms with E-state index in [1.165, 1.54) is 6.33 Å². The largest absolute Gasteiger partial charge is 0.480 e. The van der Waals surface area contributed by atoms with Crippen molar-refractivity contribution in [2.24, 2.45) is 5.92 Å². The van der Waals surface area contributed by atoms with E-state index >= 15 is 0 Å². The van der Waals surface area contributed by atoms with Gasteiger partial charge in [0.1, 0.15) is 12.2 Å². The van der Waals surface area contributed by atoms with Gasteiger partial charge in [-0.3, -0.25) is 9.69 Å². The second-order valence-electron chi connectivity index (χ2n) is 4.85. The molecular weight excluding hydrogens is 248 g/mol. The minimum absolute atomic E-state index is 0.0299. The van der Waals surface area contributed by atoms with Crippen molar-refractivity contribution in [2.45, 2.75) is 26.9 Å². The number of aromatic nitrogens is 3. The van der Waals surface area contributed by atoms with E-state index < -0.39 is 5.97 Å². The van der Waals surface area contributed by atoms with Gasteiger partial charge in [-0.15, -0.1) is 0 Å². The molecule has 1 heterocycles. The van der Waals surface area contributed by atoms with Crippen LogP contribution in [0.2, 0.25) is 0 Å². The molecule has 0 atom stereocenters. The molecule has 0 aliphatic carbocycles. The third-order valence-corrected chi connectivity index (χ3v) is 2.57. The average Bonchev–Trinajstić information content (AvgIpc) is 2.72. The predicted molar refractivity (Wildman–Crippen MR) is 69.6 cm³/mol. The van der Waals surface area contributed by atoms with E-state index in [2.05, 4.69) is 23.9 Å². The smallest absolute Gasteiger partial charge is 0.317 e. The normalized spacial score (nSPS) is 11.4. The Hall–Kier alpha value is -1.47. The molecule has 0 spiro atoms. The molecule has 0 radical (unpaired) electrons. The van der Waals surface area contributed by atoms with Crippen LogP contribution in [0, 0.1) is 5.92 Å². The highest BCUT2D eigenvalue weighted by Crippen LogP contribution is 2.05. The highest BCUT2D eigenvalue weighted by Gasteiger charge is 2.14. The van der Waals surface area contributed by atoms with Crippen LogP contribution in [0.15, 0.2) is 6.33 Å². The Kier molecular flexibility index (Phi) is 6.44.